The SMILES string of the molecule is c1ccc(-c2cccc(-c3ccccc3)c2Nc2ccccc2Nc2cccc(Nc3ccccc3Nc3c(-c4ccccc4)cccc3-c3ccccc3)c2)cc1. The van der Waals surface area contributed by atoms with E-state index < -0.39 is 0 Å². The minimum absolute atomic E-state index is 0.963. The number of benzene rings is 9. The summed E-state index contributed by atoms with van der Waals surface area (Å²) in [5.41, 5.74) is 17.1. The van der Waals surface area contributed by atoms with Crippen molar-refractivity contribution in [3.8, 4) is 44.5 Å². The minimum Gasteiger partial charge on any atom is -0.354 e. The number of hydrogen-bond donors (Lipinski definition) is 4. The second-order valence-corrected chi connectivity index (χ2v) is 14.1. The molecule has 0 aliphatic rings. The molecule has 0 amide bonds. The second-order valence-electron chi connectivity index (χ2n) is 14.1. The standard InChI is InChI=1S/C54H42N4/c1-5-20-39(21-6-1)45-30-18-31-46(40-22-7-2-8-23-40)53(45)57-51-36-15-13-34-49(51)55-43-28-17-29-44(38-43)56-50-35-14-16-37-52(50)58-54-47(41-24-9-3-10-25-41)32-19-33-48(54)42-26-11-4-12-27-42/h1-38,55-58H. The number of hydrogen-bond acceptors (Lipinski definition) is 4. The molecule has 4 nitrogen and oxygen atoms in total. The fraction of sp³-hybridized carbons (Fsp3) is 0. The highest BCUT2D eigenvalue weighted by atomic mass is 15.0. The summed E-state index contributed by atoms with van der Waals surface area (Å²) in [4.78, 5) is 0. The Labute approximate surface area is 340 Å². The van der Waals surface area contributed by atoms with Crippen LogP contribution in [-0.2, 0) is 0 Å². The van der Waals surface area contributed by atoms with E-state index in [9.17, 15) is 0 Å². The van der Waals surface area contributed by atoms with E-state index in [-0.39, 0.29) is 0 Å². The molecule has 4 heteroatoms. The van der Waals surface area contributed by atoms with Crippen LogP contribution in [0.15, 0.2) is 231 Å². The zero-order chi connectivity index (χ0) is 38.9. The van der Waals surface area contributed by atoms with E-state index in [1.165, 1.54) is 0 Å². The zero-order valence-corrected chi connectivity index (χ0v) is 31.9. The fourth-order valence-electron chi connectivity index (χ4n) is 7.46. The quantitative estimate of drug-likeness (QED) is 0.101. The third kappa shape index (κ3) is 7.95. The average molecular weight is 747 g/mol. The summed E-state index contributed by atoms with van der Waals surface area (Å²) >= 11 is 0. The molecular formula is C54H42N4. The molecule has 0 heterocycles. The van der Waals surface area contributed by atoms with Crippen LogP contribution >= 0.6 is 0 Å². The molecule has 0 fully saturated rings. The van der Waals surface area contributed by atoms with Gasteiger partial charge in [0, 0.05) is 33.6 Å². The van der Waals surface area contributed by atoms with E-state index in [1.807, 2.05) is 0 Å². The maximum atomic E-state index is 3.86. The van der Waals surface area contributed by atoms with Crippen LogP contribution in [0, 0.1) is 0 Å². The van der Waals surface area contributed by atoms with E-state index in [1.54, 1.807) is 0 Å². The Bertz CT molecular complexity index is 2460. The van der Waals surface area contributed by atoms with Gasteiger partial charge in [0.25, 0.3) is 0 Å². The maximum absolute atomic E-state index is 3.86. The predicted molar refractivity (Wildman–Crippen MR) is 247 cm³/mol. The Hall–Kier alpha value is -7.82. The molecule has 0 aliphatic heterocycles. The van der Waals surface area contributed by atoms with Crippen molar-refractivity contribution in [1.29, 1.82) is 0 Å². The summed E-state index contributed by atoms with van der Waals surface area (Å²) < 4.78 is 0. The summed E-state index contributed by atoms with van der Waals surface area (Å²) in [6, 6.07) is 80.4. The van der Waals surface area contributed by atoms with Crippen LogP contribution in [0.2, 0.25) is 0 Å². The molecule has 0 bridgehead atoms. The molecule has 0 saturated heterocycles. The van der Waals surface area contributed by atoms with Crippen LogP contribution in [0.4, 0.5) is 45.5 Å². The Morgan fingerprint density at radius 1 is 0.207 bits per heavy atom. The number of nitrogens with one attached hydrogen (secondary N) is 4. The van der Waals surface area contributed by atoms with Crippen molar-refractivity contribution in [2.24, 2.45) is 0 Å². The maximum Gasteiger partial charge on any atom is 0.0623 e. The number of para-hydroxylation sites is 6. The van der Waals surface area contributed by atoms with Crippen LogP contribution in [0.3, 0.4) is 0 Å². The van der Waals surface area contributed by atoms with Gasteiger partial charge in [-0.3, -0.25) is 0 Å². The van der Waals surface area contributed by atoms with E-state index in [4.69, 9.17) is 0 Å². The first-order valence-electron chi connectivity index (χ1n) is 19.6. The van der Waals surface area contributed by atoms with Crippen molar-refractivity contribution in [1.82, 2.24) is 0 Å². The highest BCUT2D eigenvalue weighted by Crippen LogP contribution is 2.42. The first-order chi connectivity index (χ1) is 28.8. The van der Waals surface area contributed by atoms with Gasteiger partial charge in [0.1, 0.15) is 0 Å². The van der Waals surface area contributed by atoms with Crippen LogP contribution in [-0.4, -0.2) is 0 Å². The molecule has 0 saturated carbocycles. The second kappa shape index (κ2) is 16.9. The van der Waals surface area contributed by atoms with Gasteiger partial charge in [0.05, 0.1) is 34.1 Å². The van der Waals surface area contributed by atoms with Gasteiger partial charge in [-0.2, -0.15) is 0 Å². The predicted octanol–water partition coefficient (Wildman–Crippen LogP) is 15.3. The lowest BCUT2D eigenvalue weighted by molar-refractivity contribution is 1.47. The van der Waals surface area contributed by atoms with Crippen molar-refractivity contribution in [3.05, 3.63) is 231 Å². The summed E-state index contributed by atoms with van der Waals surface area (Å²) in [6.45, 7) is 0. The summed E-state index contributed by atoms with van der Waals surface area (Å²) in [5.74, 6) is 0. The number of rotatable bonds is 12. The molecule has 9 aromatic rings. The van der Waals surface area contributed by atoms with Crippen molar-refractivity contribution >= 4 is 45.5 Å². The molecule has 0 unspecified atom stereocenters. The minimum atomic E-state index is 0.963. The highest BCUT2D eigenvalue weighted by molar-refractivity contribution is 5.96. The van der Waals surface area contributed by atoms with Gasteiger partial charge < -0.3 is 21.3 Å². The third-order valence-electron chi connectivity index (χ3n) is 10.3. The van der Waals surface area contributed by atoms with E-state index >= 15 is 0 Å². The van der Waals surface area contributed by atoms with Gasteiger partial charge in [0.2, 0.25) is 0 Å². The molecule has 0 radical (unpaired) electrons. The molecule has 0 aliphatic carbocycles. The molecule has 0 atom stereocenters. The lowest BCUT2D eigenvalue weighted by atomic mass is 9.95. The Kier molecular flexibility index (Phi) is 10.5. The molecule has 0 spiro atoms. The van der Waals surface area contributed by atoms with Crippen LogP contribution in [0.25, 0.3) is 44.5 Å². The lowest BCUT2D eigenvalue weighted by Crippen LogP contribution is -2.02. The molecule has 9 rings (SSSR count). The fourth-order valence-corrected chi connectivity index (χ4v) is 7.46. The molecule has 4 N–H and O–H groups in total. The monoisotopic (exact) mass is 746 g/mol. The van der Waals surface area contributed by atoms with E-state index in [2.05, 4.69) is 252 Å². The molecule has 278 valence electrons. The largest absolute Gasteiger partial charge is 0.354 e. The van der Waals surface area contributed by atoms with Crippen molar-refractivity contribution in [3.63, 3.8) is 0 Å². The molecule has 0 aromatic heterocycles. The lowest BCUT2D eigenvalue weighted by Gasteiger charge is -2.21. The smallest absolute Gasteiger partial charge is 0.0623 e. The van der Waals surface area contributed by atoms with Crippen LogP contribution in [0.1, 0.15) is 0 Å². The highest BCUT2D eigenvalue weighted by Gasteiger charge is 2.16. The van der Waals surface area contributed by atoms with Gasteiger partial charge >= 0.3 is 0 Å². The van der Waals surface area contributed by atoms with E-state index in [0.717, 1.165) is 90.0 Å². The molecule has 58 heavy (non-hydrogen) atoms. The van der Waals surface area contributed by atoms with Gasteiger partial charge in [-0.25, -0.2) is 0 Å². The normalized spacial score (nSPS) is 10.8. The Balaban J connectivity index is 1.02. The Morgan fingerprint density at radius 2 is 0.466 bits per heavy atom. The van der Waals surface area contributed by atoms with Crippen molar-refractivity contribution in [2.75, 3.05) is 21.3 Å². The van der Waals surface area contributed by atoms with Crippen molar-refractivity contribution < 1.29 is 0 Å². The third-order valence-corrected chi connectivity index (χ3v) is 10.3. The van der Waals surface area contributed by atoms with Crippen molar-refractivity contribution in [2.45, 2.75) is 0 Å². The summed E-state index contributed by atoms with van der Waals surface area (Å²) in [7, 11) is 0. The zero-order valence-electron chi connectivity index (χ0n) is 31.9. The van der Waals surface area contributed by atoms with Crippen LogP contribution < -0.4 is 21.3 Å². The van der Waals surface area contributed by atoms with Gasteiger partial charge in [0.15, 0.2) is 0 Å². The van der Waals surface area contributed by atoms with Gasteiger partial charge in [-0.15, -0.1) is 0 Å². The summed E-state index contributed by atoms with van der Waals surface area (Å²) in [6.07, 6.45) is 0. The Morgan fingerprint density at radius 3 is 0.776 bits per heavy atom. The van der Waals surface area contributed by atoms with Gasteiger partial charge in [-0.05, 0) is 64.7 Å². The number of anilines is 8. The molecular weight excluding hydrogens is 705 g/mol. The molecule has 9 aromatic carbocycles. The first kappa shape index (κ1) is 35.9. The first-order valence-corrected chi connectivity index (χ1v) is 19.6. The van der Waals surface area contributed by atoms with E-state index in [0.29, 0.717) is 0 Å². The topological polar surface area (TPSA) is 48.1 Å². The summed E-state index contributed by atoms with van der Waals surface area (Å²) in [5, 5.41) is 15.2. The van der Waals surface area contributed by atoms with Crippen LogP contribution in [0.5, 0.6) is 0 Å². The average Bonchev–Trinajstić information content (AvgIpc) is 3.29. The van der Waals surface area contributed by atoms with Gasteiger partial charge in [-0.1, -0.05) is 188 Å².